The predicted octanol–water partition coefficient (Wildman–Crippen LogP) is 2.02. The SMILES string of the molecule is C=C(Cl)c1[nH]cnc1N=C(N)CC. The lowest BCUT2D eigenvalue weighted by Crippen LogP contribution is -2.08. The Morgan fingerprint density at radius 2 is 2.54 bits per heavy atom. The Balaban J connectivity index is 3.01. The molecule has 0 bridgehead atoms. The summed E-state index contributed by atoms with van der Waals surface area (Å²) in [6.45, 7) is 5.49. The van der Waals surface area contributed by atoms with Crippen molar-refractivity contribution in [2.24, 2.45) is 10.7 Å². The Kier molecular flexibility index (Phi) is 3.08. The molecule has 4 nitrogen and oxygen atoms in total. The van der Waals surface area contributed by atoms with Crippen LogP contribution < -0.4 is 5.73 Å². The monoisotopic (exact) mass is 198 g/mol. The molecule has 3 N–H and O–H groups in total. The van der Waals surface area contributed by atoms with Crippen molar-refractivity contribution in [1.29, 1.82) is 0 Å². The van der Waals surface area contributed by atoms with Crippen LogP contribution in [-0.2, 0) is 0 Å². The summed E-state index contributed by atoms with van der Waals surface area (Å²) in [6.07, 6.45) is 2.19. The van der Waals surface area contributed by atoms with E-state index in [-0.39, 0.29) is 0 Å². The van der Waals surface area contributed by atoms with E-state index in [1.807, 2.05) is 6.92 Å². The fourth-order valence-electron chi connectivity index (χ4n) is 0.787. The number of aromatic amines is 1. The molecule has 0 aliphatic rings. The van der Waals surface area contributed by atoms with Crippen molar-refractivity contribution in [3.05, 3.63) is 18.6 Å². The number of H-pyrrole nitrogens is 1. The first kappa shape index (κ1) is 9.80. The lowest BCUT2D eigenvalue weighted by atomic mass is 10.4. The summed E-state index contributed by atoms with van der Waals surface area (Å²) in [4.78, 5) is 10.9. The summed E-state index contributed by atoms with van der Waals surface area (Å²) in [6, 6.07) is 0. The summed E-state index contributed by atoms with van der Waals surface area (Å²) < 4.78 is 0. The largest absolute Gasteiger partial charge is 0.387 e. The summed E-state index contributed by atoms with van der Waals surface area (Å²) in [5, 5.41) is 0.375. The first-order valence-electron chi connectivity index (χ1n) is 3.86. The van der Waals surface area contributed by atoms with E-state index < -0.39 is 0 Å². The van der Waals surface area contributed by atoms with E-state index in [1.54, 1.807) is 0 Å². The molecule has 0 fully saturated rings. The molecule has 0 saturated heterocycles. The van der Waals surface area contributed by atoms with Crippen molar-refractivity contribution in [3.63, 3.8) is 0 Å². The lowest BCUT2D eigenvalue weighted by molar-refractivity contribution is 1.21. The minimum atomic E-state index is 0.375. The van der Waals surface area contributed by atoms with Gasteiger partial charge in [-0.05, 0) is 0 Å². The Hall–Kier alpha value is -1.29. The highest BCUT2D eigenvalue weighted by molar-refractivity contribution is 6.48. The third-order valence-corrected chi connectivity index (χ3v) is 1.69. The molecule has 0 aliphatic heterocycles. The van der Waals surface area contributed by atoms with Gasteiger partial charge in [0.2, 0.25) is 0 Å². The number of aromatic nitrogens is 2. The fraction of sp³-hybridized carbons (Fsp3) is 0.250. The number of hydrogen-bond acceptors (Lipinski definition) is 2. The van der Waals surface area contributed by atoms with Crippen LogP contribution in [0.1, 0.15) is 19.0 Å². The lowest BCUT2D eigenvalue weighted by Gasteiger charge is -1.96. The number of nitrogens with one attached hydrogen (secondary N) is 1. The van der Waals surface area contributed by atoms with Crippen LogP contribution in [0.2, 0.25) is 0 Å². The van der Waals surface area contributed by atoms with Gasteiger partial charge in [0.25, 0.3) is 0 Å². The molecule has 5 heteroatoms. The van der Waals surface area contributed by atoms with Crippen LogP contribution >= 0.6 is 11.6 Å². The van der Waals surface area contributed by atoms with Crippen molar-refractivity contribution < 1.29 is 0 Å². The first-order chi connectivity index (χ1) is 6.15. The number of hydrogen-bond donors (Lipinski definition) is 2. The average Bonchev–Trinajstić information content (AvgIpc) is 2.52. The topological polar surface area (TPSA) is 67.1 Å². The standard InChI is InChI=1S/C8H11ClN4/c1-3-6(10)13-8-7(5(2)9)11-4-12-8/h4H,2-3H2,1H3,(H2,10,13)(H,11,12). The summed E-state index contributed by atoms with van der Waals surface area (Å²) >= 11 is 5.70. The second kappa shape index (κ2) is 4.09. The molecule has 0 saturated carbocycles. The van der Waals surface area contributed by atoms with E-state index in [4.69, 9.17) is 17.3 Å². The van der Waals surface area contributed by atoms with Gasteiger partial charge >= 0.3 is 0 Å². The molecule has 0 radical (unpaired) electrons. The molecule has 0 spiro atoms. The third kappa shape index (κ3) is 2.32. The Morgan fingerprint density at radius 1 is 1.85 bits per heavy atom. The van der Waals surface area contributed by atoms with E-state index in [2.05, 4.69) is 21.5 Å². The zero-order valence-electron chi connectivity index (χ0n) is 7.34. The van der Waals surface area contributed by atoms with Gasteiger partial charge in [0, 0.05) is 6.42 Å². The van der Waals surface area contributed by atoms with Crippen molar-refractivity contribution in [2.45, 2.75) is 13.3 Å². The van der Waals surface area contributed by atoms with E-state index in [9.17, 15) is 0 Å². The molecule has 0 aromatic carbocycles. The maximum atomic E-state index is 5.70. The highest BCUT2D eigenvalue weighted by atomic mass is 35.5. The van der Waals surface area contributed by atoms with Gasteiger partial charge < -0.3 is 10.7 Å². The second-order valence-electron chi connectivity index (χ2n) is 2.46. The summed E-state index contributed by atoms with van der Waals surface area (Å²) in [5.74, 6) is 1.01. The van der Waals surface area contributed by atoms with Crippen molar-refractivity contribution >= 4 is 28.3 Å². The van der Waals surface area contributed by atoms with E-state index in [0.29, 0.717) is 28.8 Å². The van der Waals surface area contributed by atoms with Gasteiger partial charge in [0.1, 0.15) is 11.5 Å². The number of nitrogens with zero attached hydrogens (tertiary/aromatic N) is 2. The highest BCUT2D eigenvalue weighted by Gasteiger charge is 2.05. The smallest absolute Gasteiger partial charge is 0.180 e. The predicted molar refractivity (Wildman–Crippen MR) is 55.0 cm³/mol. The maximum absolute atomic E-state index is 5.70. The fourth-order valence-corrected chi connectivity index (χ4v) is 0.926. The van der Waals surface area contributed by atoms with Crippen LogP contribution in [-0.4, -0.2) is 15.8 Å². The number of amidine groups is 1. The van der Waals surface area contributed by atoms with E-state index in [0.717, 1.165) is 0 Å². The molecular weight excluding hydrogens is 188 g/mol. The van der Waals surface area contributed by atoms with Gasteiger partial charge in [-0.2, -0.15) is 0 Å². The number of imidazole rings is 1. The molecule has 0 atom stereocenters. The molecule has 0 aliphatic carbocycles. The van der Waals surface area contributed by atoms with Crippen LogP contribution in [0.4, 0.5) is 5.82 Å². The molecule has 0 amide bonds. The maximum Gasteiger partial charge on any atom is 0.180 e. The van der Waals surface area contributed by atoms with E-state index in [1.165, 1.54) is 6.33 Å². The number of halogens is 1. The molecule has 13 heavy (non-hydrogen) atoms. The Bertz CT molecular complexity index is 340. The normalized spacial score (nSPS) is 11.7. The van der Waals surface area contributed by atoms with Crippen LogP contribution in [0, 0.1) is 0 Å². The van der Waals surface area contributed by atoms with Crippen molar-refractivity contribution in [2.75, 3.05) is 0 Å². The Morgan fingerprint density at radius 3 is 3.08 bits per heavy atom. The number of aliphatic imine (C=N–C) groups is 1. The van der Waals surface area contributed by atoms with E-state index >= 15 is 0 Å². The Labute approximate surface area is 81.5 Å². The summed E-state index contributed by atoms with van der Waals surface area (Å²) in [5.41, 5.74) is 6.17. The third-order valence-electron chi connectivity index (χ3n) is 1.50. The molecular formula is C8H11ClN4. The molecule has 1 aromatic heterocycles. The zero-order valence-corrected chi connectivity index (χ0v) is 8.10. The zero-order chi connectivity index (χ0) is 9.84. The van der Waals surface area contributed by atoms with Gasteiger partial charge in [0.05, 0.1) is 11.4 Å². The summed E-state index contributed by atoms with van der Waals surface area (Å²) in [7, 11) is 0. The van der Waals surface area contributed by atoms with Gasteiger partial charge in [0.15, 0.2) is 5.82 Å². The average molecular weight is 199 g/mol. The van der Waals surface area contributed by atoms with Crippen LogP contribution in [0.15, 0.2) is 17.9 Å². The van der Waals surface area contributed by atoms with Crippen molar-refractivity contribution in [1.82, 2.24) is 9.97 Å². The van der Waals surface area contributed by atoms with Gasteiger partial charge in [-0.1, -0.05) is 25.1 Å². The van der Waals surface area contributed by atoms with Crippen LogP contribution in [0.5, 0.6) is 0 Å². The van der Waals surface area contributed by atoms with Gasteiger partial charge in [-0.15, -0.1) is 0 Å². The molecule has 1 aromatic rings. The van der Waals surface area contributed by atoms with Gasteiger partial charge in [-0.3, -0.25) is 0 Å². The van der Waals surface area contributed by atoms with Crippen molar-refractivity contribution in [3.8, 4) is 0 Å². The minimum absolute atomic E-state index is 0.375. The number of nitrogens with two attached hydrogens (primary N) is 1. The minimum Gasteiger partial charge on any atom is -0.387 e. The first-order valence-corrected chi connectivity index (χ1v) is 4.24. The van der Waals surface area contributed by atoms with Crippen LogP contribution in [0.25, 0.3) is 5.03 Å². The number of rotatable bonds is 3. The quantitative estimate of drug-likeness (QED) is 0.577. The molecule has 1 heterocycles. The highest BCUT2D eigenvalue weighted by Crippen LogP contribution is 2.23. The second-order valence-corrected chi connectivity index (χ2v) is 2.92. The molecule has 0 unspecified atom stereocenters. The molecule has 1 rings (SSSR count). The molecule has 70 valence electrons. The van der Waals surface area contributed by atoms with Crippen LogP contribution in [0.3, 0.4) is 0 Å². The van der Waals surface area contributed by atoms with Gasteiger partial charge in [-0.25, -0.2) is 9.98 Å².